The van der Waals surface area contributed by atoms with E-state index in [1.807, 2.05) is 0 Å². The van der Waals surface area contributed by atoms with Crippen LogP contribution in [0, 0.1) is 11.8 Å². The fourth-order valence-corrected chi connectivity index (χ4v) is 2.82. The molecular formula is C15H31NO. The topological polar surface area (TPSA) is 21.3 Å². The van der Waals surface area contributed by atoms with Crippen molar-refractivity contribution in [2.75, 3.05) is 19.8 Å². The van der Waals surface area contributed by atoms with Crippen LogP contribution < -0.4 is 5.32 Å². The van der Waals surface area contributed by atoms with Gasteiger partial charge in [0.15, 0.2) is 0 Å². The Bertz CT molecular complexity index is 176. The summed E-state index contributed by atoms with van der Waals surface area (Å²) in [5, 5.41) is 3.69. The van der Waals surface area contributed by atoms with E-state index in [0.29, 0.717) is 5.92 Å². The quantitative estimate of drug-likeness (QED) is 0.656. The molecular weight excluding hydrogens is 210 g/mol. The van der Waals surface area contributed by atoms with Gasteiger partial charge in [-0.05, 0) is 31.1 Å². The van der Waals surface area contributed by atoms with E-state index in [4.69, 9.17) is 4.74 Å². The fourth-order valence-electron chi connectivity index (χ4n) is 2.82. The first-order valence-corrected chi connectivity index (χ1v) is 7.55. The second-order valence-electron chi connectivity index (χ2n) is 5.84. The molecule has 1 aliphatic carbocycles. The van der Waals surface area contributed by atoms with Crippen LogP contribution in [0.3, 0.4) is 0 Å². The summed E-state index contributed by atoms with van der Waals surface area (Å²) in [6.45, 7) is 9.47. The molecule has 1 aliphatic rings. The van der Waals surface area contributed by atoms with E-state index in [2.05, 4.69) is 26.1 Å². The Morgan fingerprint density at radius 2 is 1.88 bits per heavy atom. The zero-order valence-electron chi connectivity index (χ0n) is 12.0. The maximum Gasteiger partial charge on any atom is 0.0591 e. The van der Waals surface area contributed by atoms with E-state index >= 15 is 0 Å². The molecule has 0 spiro atoms. The third kappa shape index (κ3) is 6.42. The highest BCUT2D eigenvalue weighted by molar-refractivity contribution is 4.78. The minimum Gasteiger partial charge on any atom is -0.380 e. The lowest BCUT2D eigenvalue weighted by atomic mass is 9.83. The van der Waals surface area contributed by atoms with Crippen molar-refractivity contribution < 1.29 is 4.74 Å². The Morgan fingerprint density at radius 3 is 2.47 bits per heavy atom. The molecule has 0 bridgehead atoms. The number of ether oxygens (including phenoxy) is 1. The molecule has 2 nitrogen and oxygen atoms in total. The Kier molecular flexibility index (Phi) is 7.87. The van der Waals surface area contributed by atoms with Gasteiger partial charge in [-0.3, -0.25) is 0 Å². The van der Waals surface area contributed by atoms with Crippen molar-refractivity contribution in [1.82, 2.24) is 5.32 Å². The standard InChI is InChI=1S/C15H31NO/c1-4-15(14-8-6-5-7-9-14)16-10-11-17-12-13(2)3/h13-16H,4-12H2,1-3H3. The molecule has 1 atom stereocenters. The van der Waals surface area contributed by atoms with E-state index in [0.717, 1.165) is 31.7 Å². The maximum absolute atomic E-state index is 5.61. The molecule has 0 aliphatic heterocycles. The first kappa shape index (κ1) is 15.0. The summed E-state index contributed by atoms with van der Waals surface area (Å²) in [6.07, 6.45) is 8.44. The highest BCUT2D eigenvalue weighted by Gasteiger charge is 2.21. The molecule has 0 saturated heterocycles. The average Bonchev–Trinajstić information content (AvgIpc) is 2.34. The Labute approximate surface area is 108 Å². The predicted octanol–water partition coefficient (Wildman–Crippen LogP) is 3.61. The van der Waals surface area contributed by atoms with Crippen LogP contribution in [0.25, 0.3) is 0 Å². The molecule has 0 aromatic heterocycles. The normalized spacial score (nSPS) is 19.8. The number of hydrogen-bond acceptors (Lipinski definition) is 2. The Morgan fingerprint density at radius 1 is 1.18 bits per heavy atom. The molecule has 102 valence electrons. The highest BCUT2D eigenvalue weighted by Crippen LogP contribution is 2.27. The predicted molar refractivity (Wildman–Crippen MR) is 74.3 cm³/mol. The lowest BCUT2D eigenvalue weighted by Gasteiger charge is -2.30. The monoisotopic (exact) mass is 241 g/mol. The summed E-state index contributed by atoms with van der Waals surface area (Å²) >= 11 is 0. The molecule has 0 amide bonds. The van der Waals surface area contributed by atoms with Gasteiger partial charge in [-0.25, -0.2) is 0 Å². The van der Waals surface area contributed by atoms with Gasteiger partial charge in [-0.1, -0.05) is 40.0 Å². The van der Waals surface area contributed by atoms with Crippen LogP contribution in [0.4, 0.5) is 0 Å². The number of rotatable bonds is 8. The molecule has 17 heavy (non-hydrogen) atoms. The summed E-state index contributed by atoms with van der Waals surface area (Å²) in [7, 11) is 0. The molecule has 2 heteroatoms. The van der Waals surface area contributed by atoms with Crippen molar-refractivity contribution in [3.8, 4) is 0 Å². The second kappa shape index (κ2) is 8.93. The van der Waals surface area contributed by atoms with Gasteiger partial charge in [-0.2, -0.15) is 0 Å². The van der Waals surface area contributed by atoms with E-state index in [1.54, 1.807) is 0 Å². The summed E-state index contributed by atoms with van der Waals surface area (Å²) in [5.41, 5.74) is 0. The Hall–Kier alpha value is -0.0800. The van der Waals surface area contributed by atoms with Crippen molar-refractivity contribution in [2.45, 2.75) is 65.3 Å². The highest BCUT2D eigenvalue weighted by atomic mass is 16.5. The molecule has 0 heterocycles. The van der Waals surface area contributed by atoms with E-state index < -0.39 is 0 Å². The lowest BCUT2D eigenvalue weighted by molar-refractivity contribution is 0.107. The number of hydrogen-bond donors (Lipinski definition) is 1. The Balaban J connectivity index is 2.09. The molecule has 1 unspecified atom stereocenters. The van der Waals surface area contributed by atoms with Gasteiger partial charge < -0.3 is 10.1 Å². The van der Waals surface area contributed by atoms with E-state index in [1.165, 1.54) is 38.5 Å². The third-order valence-corrected chi connectivity index (χ3v) is 3.76. The molecule has 1 saturated carbocycles. The fraction of sp³-hybridized carbons (Fsp3) is 1.00. The second-order valence-corrected chi connectivity index (χ2v) is 5.84. The molecule has 0 radical (unpaired) electrons. The van der Waals surface area contributed by atoms with Gasteiger partial charge in [0, 0.05) is 19.2 Å². The van der Waals surface area contributed by atoms with Crippen LogP contribution >= 0.6 is 0 Å². The van der Waals surface area contributed by atoms with Crippen molar-refractivity contribution in [1.29, 1.82) is 0 Å². The van der Waals surface area contributed by atoms with Gasteiger partial charge in [0.25, 0.3) is 0 Å². The zero-order chi connectivity index (χ0) is 12.5. The largest absolute Gasteiger partial charge is 0.380 e. The van der Waals surface area contributed by atoms with Gasteiger partial charge in [0.05, 0.1) is 6.61 Å². The first-order valence-electron chi connectivity index (χ1n) is 7.55. The van der Waals surface area contributed by atoms with Crippen LogP contribution in [0.5, 0.6) is 0 Å². The summed E-state index contributed by atoms with van der Waals surface area (Å²) in [6, 6.07) is 0.720. The van der Waals surface area contributed by atoms with E-state index in [9.17, 15) is 0 Å². The lowest BCUT2D eigenvalue weighted by Crippen LogP contribution is -2.38. The van der Waals surface area contributed by atoms with E-state index in [-0.39, 0.29) is 0 Å². The smallest absolute Gasteiger partial charge is 0.0591 e. The zero-order valence-corrected chi connectivity index (χ0v) is 12.0. The molecule has 1 rings (SSSR count). The first-order chi connectivity index (χ1) is 8.24. The van der Waals surface area contributed by atoms with Crippen LogP contribution in [-0.2, 0) is 4.74 Å². The summed E-state index contributed by atoms with van der Waals surface area (Å²) in [4.78, 5) is 0. The van der Waals surface area contributed by atoms with Crippen molar-refractivity contribution >= 4 is 0 Å². The van der Waals surface area contributed by atoms with Gasteiger partial charge in [-0.15, -0.1) is 0 Å². The van der Waals surface area contributed by atoms with Crippen LogP contribution in [-0.4, -0.2) is 25.8 Å². The van der Waals surface area contributed by atoms with Gasteiger partial charge in [0.1, 0.15) is 0 Å². The van der Waals surface area contributed by atoms with Crippen LogP contribution in [0.1, 0.15) is 59.3 Å². The molecule has 1 fully saturated rings. The third-order valence-electron chi connectivity index (χ3n) is 3.76. The maximum atomic E-state index is 5.61. The van der Waals surface area contributed by atoms with Crippen molar-refractivity contribution in [2.24, 2.45) is 11.8 Å². The van der Waals surface area contributed by atoms with Gasteiger partial charge in [0.2, 0.25) is 0 Å². The minimum atomic E-state index is 0.648. The van der Waals surface area contributed by atoms with Crippen LogP contribution in [0.15, 0.2) is 0 Å². The van der Waals surface area contributed by atoms with Crippen molar-refractivity contribution in [3.63, 3.8) is 0 Å². The van der Waals surface area contributed by atoms with Crippen molar-refractivity contribution in [3.05, 3.63) is 0 Å². The van der Waals surface area contributed by atoms with Crippen LogP contribution in [0.2, 0.25) is 0 Å². The minimum absolute atomic E-state index is 0.648. The van der Waals surface area contributed by atoms with Gasteiger partial charge >= 0.3 is 0 Å². The average molecular weight is 241 g/mol. The molecule has 0 aromatic carbocycles. The SMILES string of the molecule is CCC(NCCOCC(C)C)C1CCCCC1. The number of nitrogens with one attached hydrogen (secondary N) is 1. The molecule has 1 N–H and O–H groups in total. The summed E-state index contributed by atoms with van der Waals surface area (Å²) < 4.78 is 5.61. The summed E-state index contributed by atoms with van der Waals surface area (Å²) in [5.74, 6) is 1.56. The molecule has 0 aromatic rings.